The van der Waals surface area contributed by atoms with Crippen molar-refractivity contribution in [3.63, 3.8) is 0 Å². The Kier molecular flexibility index (Phi) is 4.98. The first-order valence-electron chi connectivity index (χ1n) is 10.2. The normalized spacial score (nSPS) is 22.3. The van der Waals surface area contributed by atoms with Gasteiger partial charge < -0.3 is 10.2 Å². The first kappa shape index (κ1) is 19.2. The molecule has 3 aromatic rings. The minimum Gasteiger partial charge on any atom is -0.365 e. The highest BCUT2D eigenvalue weighted by Gasteiger charge is 2.49. The van der Waals surface area contributed by atoms with E-state index in [4.69, 9.17) is 0 Å². The summed E-state index contributed by atoms with van der Waals surface area (Å²) in [5, 5.41) is 3.54. The first-order chi connectivity index (χ1) is 14.6. The second-order valence-corrected chi connectivity index (χ2v) is 8.84. The van der Waals surface area contributed by atoms with Crippen LogP contribution in [0, 0.1) is 6.92 Å². The number of nitrogens with one attached hydrogen (secondary N) is 1. The zero-order valence-electron chi connectivity index (χ0n) is 16.6. The van der Waals surface area contributed by atoms with Crippen LogP contribution in [0.25, 0.3) is 11.4 Å². The molecule has 3 unspecified atom stereocenters. The summed E-state index contributed by atoms with van der Waals surface area (Å²) in [6, 6.07) is 12.2. The lowest BCUT2D eigenvalue weighted by molar-refractivity contribution is 0.0728. The number of rotatable bonds is 4. The molecule has 2 bridgehead atoms. The van der Waals surface area contributed by atoms with Crippen LogP contribution in [-0.2, 0) is 0 Å². The highest BCUT2D eigenvalue weighted by atomic mass is 79.9. The van der Waals surface area contributed by atoms with Crippen LogP contribution in [-0.4, -0.2) is 43.9 Å². The van der Waals surface area contributed by atoms with Crippen molar-refractivity contribution in [1.29, 1.82) is 0 Å². The zero-order valence-corrected chi connectivity index (χ0v) is 18.2. The number of carbonyl (C=O) groups excluding carboxylic acids is 1. The molecule has 2 aliphatic heterocycles. The molecule has 0 spiro atoms. The summed E-state index contributed by atoms with van der Waals surface area (Å²) in [7, 11) is 0. The van der Waals surface area contributed by atoms with E-state index in [0.29, 0.717) is 11.4 Å². The van der Waals surface area contributed by atoms with E-state index in [-0.39, 0.29) is 24.0 Å². The number of aryl methyl sites for hydroxylation is 1. The lowest BCUT2D eigenvalue weighted by atomic mass is 9.95. The SMILES string of the molecule is Cc1cccc(C(=O)N2C3CCC2C(Nc2ccc(Br)cn2)C3)c1-c1ncccn1. The van der Waals surface area contributed by atoms with E-state index in [2.05, 4.69) is 41.1 Å². The van der Waals surface area contributed by atoms with E-state index in [1.54, 1.807) is 24.7 Å². The number of amides is 1. The number of hydrogen-bond acceptors (Lipinski definition) is 5. The van der Waals surface area contributed by atoms with Crippen LogP contribution in [0.1, 0.15) is 35.2 Å². The lowest BCUT2D eigenvalue weighted by Gasteiger charge is -2.26. The molecule has 0 radical (unpaired) electrons. The van der Waals surface area contributed by atoms with Gasteiger partial charge in [-0.2, -0.15) is 0 Å². The van der Waals surface area contributed by atoms with Gasteiger partial charge in [-0.1, -0.05) is 12.1 Å². The van der Waals surface area contributed by atoms with Crippen molar-refractivity contribution in [1.82, 2.24) is 19.9 Å². The number of anilines is 1. The summed E-state index contributed by atoms with van der Waals surface area (Å²) in [4.78, 5) is 29.0. The van der Waals surface area contributed by atoms with Crippen LogP contribution in [0.15, 0.2) is 59.5 Å². The van der Waals surface area contributed by atoms with Gasteiger partial charge in [0.25, 0.3) is 5.91 Å². The molecule has 0 saturated carbocycles. The lowest BCUT2D eigenvalue weighted by Crippen LogP contribution is -2.40. The van der Waals surface area contributed by atoms with Crippen molar-refractivity contribution in [3.8, 4) is 11.4 Å². The number of halogens is 1. The van der Waals surface area contributed by atoms with Crippen molar-refractivity contribution in [2.75, 3.05) is 5.32 Å². The minimum atomic E-state index is 0.0710. The smallest absolute Gasteiger partial charge is 0.255 e. The summed E-state index contributed by atoms with van der Waals surface area (Å²) in [6.07, 6.45) is 8.22. The minimum absolute atomic E-state index is 0.0710. The van der Waals surface area contributed by atoms with Crippen molar-refractivity contribution >= 4 is 27.7 Å². The van der Waals surface area contributed by atoms with Gasteiger partial charge in [-0.3, -0.25) is 4.79 Å². The third-order valence-electron chi connectivity index (χ3n) is 6.12. The number of fused-ring (bicyclic) bond motifs is 2. The van der Waals surface area contributed by atoms with Gasteiger partial charge in [-0.15, -0.1) is 0 Å². The van der Waals surface area contributed by atoms with Gasteiger partial charge in [0.2, 0.25) is 0 Å². The topological polar surface area (TPSA) is 71.0 Å². The van der Waals surface area contributed by atoms with Crippen LogP contribution in [0.2, 0.25) is 0 Å². The molecule has 1 N–H and O–H groups in total. The van der Waals surface area contributed by atoms with Gasteiger partial charge in [-0.05, 0) is 71.9 Å². The van der Waals surface area contributed by atoms with E-state index in [1.807, 2.05) is 37.3 Å². The second kappa shape index (κ2) is 7.80. The first-order valence-corrected chi connectivity index (χ1v) is 11.0. The largest absolute Gasteiger partial charge is 0.365 e. The Morgan fingerprint density at radius 3 is 2.70 bits per heavy atom. The summed E-state index contributed by atoms with van der Waals surface area (Å²) in [5.41, 5.74) is 2.52. The van der Waals surface area contributed by atoms with E-state index in [0.717, 1.165) is 40.7 Å². The van der Waals surface area contributed by atoms with Crippen LogP contribution in [0.4, 0.5) is 5.82 Å². The number of benzene rings is 1. The average molecular weight is 464 g/mol. The van der Waals surface area contributed by atoms with Gasteiger partial charge in [0, 0.05) is 40.7 Å². The number of nitrogens with zero attached hydrogens (tertiary/aromatic N) is 4. The second-order valence-electron chi connectivity index (χ2n) is 7.93. The maximum absolute atomic E-state index is 13.7. The van der Waals surface area contributed by atoms with Crippen LogP contribution >= 0.6 is 15.9 Å². The fraction of sp³-hybridized carbons (Fsp3) is 0.304. The molecule has 0 aliphatic carbocycles. The molecule has 1 amide bonds. The molecule has 6 nitrogen and oxygen atoms in total. The van der Waals surface area contributed by atoms with E-state index in [1.165, 1.54) is 0 Å². The van der Waals surface area contributed by atoms with Crippen molar-refractivity contribution in [2.24, 2.45) is 0 Å². The molecule has 5 rings (SSSR count). The summed E-state index contributed by atoms with van der Waals surface area (Å²) >= 11 is 3.42. The van der Waals surface area contributed by atoms with E-state index < -0.39 is 0 Å². The molecular formula is C23H22BrN5O. The summed E-state index contributed by atoms with van der Waals surface area (Å²) < 4.78 is 0.952. The molecule has 1 aromatic carbocycles. The van der Waals surface area contributed by atoms with Gasteiger partial charge in [0.05, 0.1) is 11.6 Å². The fourth-order valence-corrected chi connectivity index (χ4v) is 5.06. The maximum atomic E-state index is 13.7. The molecule has 2 aliphatic rings. The highest BCUT2D eigenvalue weighted by Crippen LogP contribution is 2.41. The van der Waals surface area contributed by atoms with E-state index >= 15 is 0 Å². The molecule has 2 fully saturated rings. The number of pyridine rings is 1. The molecular weight excluding hydrogens is 442 g/mol. The molecule has 3 atom stereocenters. The Morgan fingerprint density at radius 1 is 1.10 bits per heavy atom. The summed E-state index contributed by atoms with van der Waals surface area (Å²) in [6.45, 7) is 2.00. The highest BCUT2D eigenvalue weighted by molar-refractivity contribution is 9.10. The van der Waals surface area contributed by atoms with Gasteiger partial charge >= 0.3 is 0 Å². The Labute approximate surface area is 183 Å². The third-order valence-corrected chi connectivity index (χ3v) is 6.59. The van der Waals surface area contributed by atoms with Crippen LogP contribution < -0.4 is 5.32 Å². The quantitative estimate of drug-likeness (QED) is 0.617. The summed E-state index contributed by atoms with van der Waals surface area (Å²) in [5.74, 6) is 1.51. The molecule has 30 heavy (non-hydrogen) atoms. The molecule has 2 aromatic heterocycles. The van der Waals surface area contributed by atoms with E-state index in [9.17, 15) is 4.79 Å². The predicted octanol–water partition coefficient (Wildman–Crippen LogP) is 4.47. The number of hydrogen-bond donors (Lipinski definition) is 1. The van der Waals surface area contributed by atoms with Gasteiger partial charge in [0.15, 0.2) is 5.82 Å². The van der Waals surface area contributed by atoms with Crippen molar-refractivity contribution < 1.29 is 4.79 Å². The van der Waals surface area contributed by atoms with Crippen molar-refractivity contribution in [3.05, 3.63) is 70.6 Å². The standard InChI is InChI=1S/C23H22BrN5O/c1-14-4-2-5-17(21(14)22-25-10-3-11-26-22)23(30)29-16-7-8-19(29)18(12-16)28-20-9-6-15(24)13-27-20/h2-6,9-11,13,16,18-19H,7-8,12H2,1H3,(H,27,28). The van der Waals surface area contributed by atoms with Gasteiger partial charge in [0.1, 0.15) is 5.82 Å². The predicted molar refractivity (Wildman–Crippen MR) is 119 cm³/mol. The van der Waals surface area contributed by atoms with Crippen LogP contribution in [0.3, 0.4) is 0 Å². The number of carbonyl (C=O) groups is 1. The fourth-order valence-electron chi connectivity index (χ4n) is 4.82. The molecule has 7 heteroatoms. The third kappa shape index (κ3) is 3.37. The average Bonchev–Trinajstić information content (AvgIpc) is 3.33. The molecule has 152 valence electrons. The van der Waals surface area contributed by atoms with Crippen molar-refractivity contribution in [2.45, 2.75) is 44.3 Å². The Bertz CT molecular complexity index is 1070. The monoisotopic (exact) mass is 463 g/mol. The maximum Gasteiger partial charge on any atom is 0.255 e. The Morgan fingerprint density at radius 2 is 1.93 bits per heavy atom. The molecule has 2 saturated heterocycles. The Hall–Kier alpha value is -2.80. The number of aromatic nitrogens is 3. The molecule has 4 heterocycles. The van der Waals surface area contributed by atoms with Gasteiger partial charge in [-0.25, -0.2) is 15.0 Å². The Balaban J connectivity index is 1.44. The van der Waals surface area contributed by atoms with Crippen LogP contribution in [0.5, 0.6) is 0 Å². The zero-order chi connectivity index (χ0) is 20.7.